The number of nitrogens with zero attached hydrogens (tertiary/aromatic N) is 1. The molecule has 0 heterocycles. The van der Waals surface area contributed by atoms with Crippen molar-refractivity contribution >= 4 is 23.6 Å². The molecule has 0 radical (unpaired) electrons. The van der Waals surface area contributed by atoms with Gasteiger partial charge in [-0.2, -0.15) is 0 Å². The summed E-state index contributed by atoms with van der Waals surface area (Å²) in [5.74, 6) is 0.419. The zero-order valence-electron chi connectivity index (χ0n) is 17.9. The molecule has 0 aliphatic heterocycles. The van der Waals surface area contributed by atoms with Crippen molar-refractivity contribution in [3.05, 3.63) is 71.5 Å². The van der Waals surface area contributed by atoms with Gasteiger partial charge < -0.3 is 10.2 Å². The summed E-state index contributed by atoms with van der Waals surface area (Å²) in [6, 6.07) is 15.6. The number of amides is 2. The Hall–Kier alpha value is -2.34. The van der Waals surface area contributed by atoms with Crippen LogP contribution in [-0.2, 0) is 21.9 Å². The number of thioether (sulfide) groups is 1. The van der Waals surface area contributed by atoms with Crippen LogP contribution < -0.4 is 5.32 Å². The van der Waals surface area contributed by atoms with Crippen LogP contribution in [0.5, 0.6) is 0 Å². The SMILES string of the molecule is CC[C@@H](C)NC(=O)[C@@H](CC)N(Cc1ccccc1)C(=O)CSCc1ccc(F)cc1. The lowest BCUT2D eigenvalue weighted by atomic mass is 10.1. The Morgan fingerprint density at radius 3 is 2.27 bits per heavy atom. The fourth-order valence-corrected chi connectivity index (χ4v) is 3.93. The molecule has 6 heteroatoms. The second-order valence-electron chi connectivity index (χ2n) is 7.37. The lowest BCUT2D eigenvalue weighted by Crippen LogP contribution is -2.51. The molecule has 0 aliphatic carbocycles. The number of nitrogens with one attached hydrogen (secondary N) is 1. The minimum absolute atomic E-state index is 0.0630. The van der Waals surface area contributed by atoms with Crippen LogP contribution in [0.25, 0.3) is 0 Å². The minimum Gasteiger partial charge on any atom is -0.352 e. The van der Waals surface area contributed by atoms with E-state index in [4.69, 9.17) is 0 Å². The molecule has 4 nitrogen and oxygen atoms in total. The van der Waals surface area contributed by atoms with Crippen LogP contribution in [-0.4, -0.2) is 34.6 Å². The highest BCUT2D eigenvalue weighted by Gasteiger charge is 2.29. The molecule has 0 aliphatic rings. The van der Waals surface area contributed by atoms with E-state index < -0.39 is 6.04 Å². The molecule has 0 saturated carbocycles. The average Bonchev–Trinajstić information content (AvgIpc) is 2.75. The van der Waals surface area contributed by atoms with E-state index in [1.165, 1.54) is 23.9 Å². The standard InChI is InChI=1S/C24H31FN2O2S/c1-4-18(3)26-24(29)22(5-2)27(15-19-9-7-6-8-10-19)23(28)17-30-16-20-11-13-21(25)14-12-20/h6-14,18,22H,4-5,15-17H2,1-3H3,(H,26,29)/t18-,22-/m1/s1. The van der Waals surface area contributed by atoms with Gasteiger partial charge in [-0.3, -0.25) is 9.59 Å². The van der Waals surface area contributed by atoms with Crippen LogP contribution >= 0.6 is 11.8 Å². The van der Waals surface area contributed by atoms with Gasteiger partial charge in [-0.1, -0.05) is 56.3 Å². The highest BCUT2D eigenvalue weighted by molar-refractivity contribution is 7.99. The van der Waals surface area contributed by atoms with Crippen LogP contribution in [0, 0.1) is 5.82 Å². The molecular weight excluding hydrogens is 399 g/mol. The van der Waals surface area contributed by atoms with Crippen LogP contribution in [0.15, 0.2) is 54.6 Å². The number of hydrogen-bond donors (Lipinski definition) is 1. The van der Waals surface area contributed by atoms with E-state index in [1.807, 2.05) is 51.1 Å². The zero-order chi connectivity index (χ0) is 21.9. The Bertz CT molecular complexity index is 799. The molecule has 0 saturated heterocycles. The Balaban J connectivity index is 2.09. The van der Waals surface area contributed by atoms with Crippen molar-refractivity contribution in [1.82, 2.24) is 10.2 Å². The number of carbonyl (C=O) groups is 2. The van der Waals surface area contributed by atoms with Gasteiger partial charge in [0.15, 0.2) is 0 Å². The molecular formula is C24H31FN2O2S. The van der Waals surface area contributed by atoms with Crippen molar-refractivity contribution in [2.24, 2.45) is 0 Å². The first kappa shape index (κ1) is 23.9. The third-order valence-electron chi connectivity index (χ3n) is 4.99. The fraction of sp³-hybridized carbons (Fsp3) is 0.417. The third kappa shape index (κ3) is 7.48. The fourth-order valence-electron chi connectivity index (χ4n) is 3.06. The van der Waals surface area contributed by atoms with Crippen molar-refractivity contribution in [2.75, 3.05) is 5.75 Å². The third-order valence-corrected chi connectivity index (χ3v) is 5.98. The maximum Gasteiger partial charge on any atom is 0.243 e. The molecule has 1 N–H and O–H groups in total. The quantitative estimate of drug-likeness (QED) is 0.558. The molecule has 30 heavy (non-hydrogen) atoms. The summed E-state index contributed by atoms with van der Waals surface area (Å²) in [7, 11) is 0. The van der Waals surface area contributed by atoms with E-state index in [9.17, 15) is 14.0 Å². The topological polar surface area (TPSA) is 49.4 Å². The summed E-state index contributed by atoms with van der Waals surface area (Å²) < 4.78 is 13.1. The first-order valence-corrected chi connectivity index (χ1v) is 11.6. The second-order valence-corrected chi connectivity index (χ2v) is 8.35. The molecule has 0 bridgehead atoms. The first-order valence-electron chi connectivity index (χ1n) is 10.4. The predicted molar refractivity (Wildman–Crippen MR) is 122 cm³/mol. The van der Waals surface area contributed by atoms with E-state index in [-0.39, 0.29) is 29.4 Å². The number of rotatable bonds is 11. The average molecular weight is 431 g/mol. The van der Waals surface area contributed by atoms with Gasteiger partial charge in [0.05, 0.1) is 5.75 Å². The molecule has 0 aromatic heterocycles. The summed E-state index contributed by atoms with van der Waals surface area (Å²) in [6.45, 7) is 6.30. The largest absolute Gasteiger partial charge is 0.352 e. The summed E-state index contributed by atoms with van der Waals surface area (Å²) in [4.78, 5) is 27.7. The van der Waals surface area contributed by atoms with E-state index in [0.29, 0.717) is 18.7 Å². The van der Waals surface area contributed by atoms with Gasteiger partial charge in [-0.05, 0) is 43.0 Å². The lowest BCUT2D eigenvalue weighted by molar-refractivity contribution is -0.139. The maximum absolute atomic E-state index is 13.1. The number of benzene rings is 2. The molecule has 2 aromatic rings. The predicted octanol–water partition coefficient (Wildman–Crippen LogP) is 4.78. The Kier molecular flexibility index (Phi) is 9.87. The summed E-state index contributed by atoms with van der Waals surface area (Å²) in [5, 5.41) is 3.01. The summed E-state index contributed by atoms with van der Waals surface area (Å²) in [5.41, 5.74) is 1.95. The highest BCUT2D eigenvalue weighted by Crippen LogP contribution is 2.17. The lowest BCUT2D eigenvalue weighted by Gasteiger charge is -2.31. The van der Waals surface area contributed by atoms with Crippen LogP contribution in [0.2, 0.25) is 0 Å². The van der Waals surface area contributed by atoms with Gasteiger partial charge in [0.1, 0.15) is 11.9 Å². The maximum atomic E-state index is 13.1. The number of carbonyl (C=O) groups excluding carboxylic acids is 2. The smallest absolute Gasteiger partial charge is 0.243 e. The van der Waals surface area contributed by atoms with Gasteiger partial charge in [0.2, 0.25) is 11.8 Å². The highest BCUT2D eigenvalue weighted by atomic mass is 32.2. The van der Waals surface area contributed by atoms with Crippen molar-refractivity contribution in [2.45, 2.75) is 58.0 Å². The van der Waals surface area contributed by atoms with Crippen molar-refractivity contribution in [3.63, 3.8) is 0 Å². The van der Waals surface area contributed by atoms with Crippen LogP contribution in [0.1, 0.15) is 44.7 Å². The Morgan fingerprint density at radius 2 is 1.67 bits per heavy atom. The summed E-state index contributed by atoms with van der Waals surface area (Å²) >= 11 is 1.47. The molecule has 0 spiro atoms. The van der Waals surface area contributed by atoms with E-state index in [0.717, 1.165) is 17.5 Å². The van der Waals surface area contributed by atoms with Gasteiger partial charge >= 0.3 is 0 Å². The minimum atomic E-state index is -0.516. The van der Waals surface area contributed by atoms with Crippen molar-refractivity contribution in [3.8, 4) is 0 Å². The first-order chi connectivity index (χ1) is 14.4. The molecule has 2 rings (SSSR count). The van der Waals surface area contributed by atoms with E-state index >= 15 is 0 Å². The monoisotopic (exact) mass is 430 g/mol. The van der Waals surface area contributed by atoms with E-state index in [1.54, 1.807) is 17.0 Å². The number of hydrogen-bond acceptors (Lipinski definition) is 3. The number of halogens is 1. The van der Waals surface area contributed by atoms with Crippen LogP contribution in [0.4, 0.5) is 4.39 Å². The second kappa shape index (κ2) is 12.4. The molecule has 2 aromatic carbocycles. The molecule has 162 valence electrons. The van der Waals surface area contributed by atoms with Crippen molar-refractivity contribution < 1.29 is 14.0 Å². The van der Waals surface area contributed by atoms with E-state index in [2.05, 4.69) is 5.32 Å². The van der Waals surface area contributed by atoms with Crippen molar-refractivity contribution in [1.29, 1.82) is 0 Å². The summed E-state index contributed by atoms with van der Waals surface area (Å²) in [6.07, 6.45) is 1.38. The Morgan fingerprint density at radius 1 is 1.00 bits per heavy atom. The molecule has 0 unspecified atom stereocenters. The molecule has 2 atom stereocenters. The van der Waals surface area contributed by atoms with Gasteiger partial charge in [-0.15, -0.1) is 11.8 Å². The zero-order valence-corrected chi connectivity index (χ0v) is 18.8. The van der Waals surface area contributed by atoms with Gasteiger partial charge in [0.25, 0.3) is 0 Å². The molecule has 2 amide bonds. The normalized spacial score (nSPS) is 12.8. The van der Waals surface area contributed by atoms with Gasteiger partial charge in [-0.25, -0.2) is 4.39 Å². The van der Waals surface area contributed by atoms with Crippen LogP contribution in [0.3, 0.4) is 0 Å². The Labute approximate surface area is 183 Å². The van der Waals surface area contributed by atoms with Gasteiger partial charge in [0, 0.05) is 18.3 Å². The molecule has 0 fully saturated rings.